The van der Waals surface area contributed by atoms with E-state index in [2.05, 4.69) is 0 Å². The Labute approximate surface area is 186 Å². The molecule has 6 nitrogen and oxygen atoms in total. The van der Waals surface area contributed by atoms with Crippen molar-refractivity contribution in [1.29, 1.82) is 0 Å². The van der Waals surface area contributed by atoms with Gasteiger partial charge in [0.15, 0.2) is 0 Å². The van der Waals surface area contributed by atoms with Gasteiger partial charge in [0.05, 0.1) is 26.2 Å². The van der Waals surface area contributed by atoms with E-state index in [0.29, 0.717) is 36.4 Å². The van der Waals surface area contributed by atoms with E-state index in [-0.39, 0.29) is 31.0 Å². The summed E-state index contributed by atoms with van der Waals surface area (Å²) >= 11 is 0. The molecule has 0 aromatic heterocycles. The predicted octanol–water partition coefficient (Wildman–Crippen LogP) is 4.01. The lowest BCUT2D eigenvalue weighted by Gasteiger charge is -2.41. The highest BCUT2D eigenvalue weighted by molar-refractivity contribution is 5.95. The molecule has 0 spiro atoms. The number of hydrogen-bond donors (Lipinski definition) is 0. The van der Waals surface area contributed by atoms with Gasteiger partial charge < -0.3 is 19.1 Å². The van der Waals surface area contributed by atoms with Crippen molar-refractivity contribution in [3.05, 3.63) is 59.2 Å². The van der Waals surface area contributed by atoms with Crippen LogP contribution in [0.2, 0.25) is 0 Å². The van der Waals surface area contributed by atoms with Gasteiger partial charge in [-0.2, -0.15) is 0 Å². The number of halogens is 2. The standard InChI is InChI=1S/C24H27F2NO5/c1-4-32-23(29)24(14-16-6-7-18(25)12-21(16)26)8-5-9-27(15-24)22(28)17-10-19(30-2)13-20(11-17)31-3/h6-7,10-13H,4-5,8-9,14-15H2,1-3H3/t24-/m0/s1. The number of amides is 1. The van der Waals surface area contributed by atoms with Crippen LogP contribution in [0.5, 0.6) is 11.5 Å². The largest absolute Gasteiger partial charge is 0.497 e. The Balaban J connectivity index is 1.93. The Morgan fingerprint density at radius 1 is 1.06 bits per heavy atom. The SMILES string of the molecule is CCOC(=O)[C@]1(Cc2ccc(F)cc2F)CCCN(C(=O)c2cc(OC)cc(OC)c2)C1. The molecule has 1 atom stereocenters. The maximum atomic E-state index is 14.4. The smallest absolute Gasteiger partial charge is 0.314 e. The molecule has 8 heteroatoms. The van der Waals surface area contributed by atoms with Crippen molar-refractivity contribution in [1.82, 2.24) is 4.90 Å². The van der Waals surface area contributed by atoms with E-state index in [1.54, 1.807) is 30.0 Å². The van der Waals surface area contributed by atoms with Crippen LogP contribution in [0.3, 0.4) is 0 Å². The van der Waals surface area contributed by atoms with Crippen LogP contribution >= 0.6 is 0 Å². The third-order valence-corrected chi connectivity index (χ3v) is 5.71. The first kappa shape index (κ1) is 23.5. The summed E-state index contributed by atoms with van der Waals surface area (Å²) in [5.41, 5.74) is -0.573. The van der Waals surface area contributed by atoms with Gasteiger partial charge in [-0.3, -0.25) is 9.59 Å². The van der Waals surface area contributed by atoms with E-state index < -0.39 is 23.0 Å². The number of benzene rings is 2. The van der Waals surface area contributed by atoms with Gasteiger partial charge in [-0.25, -0.2) is 8.78 Å². The van der Waals surface area contributed by atoms with Gasteiger partial charge in [-0.05, 0) is 49.9 Å². The molecule has 1 amide bonds. The van der Waals surface area contributed by atoms with Gasteiger partial charge in [0.2, 0.25) is 0 Å². The van der Waals surface area contributed by atoms with E-state index in [9.17, 15) is 18.4 Å². The number of carbonyl (C=O) groups excluding carboxylic acids is 2. The number of piperidine rings is 1. The average Bonchev–Trinajstić information content (AvgIpc) is 2.80. The topological polar surface area (TPSA) is 65.1 Å². The minimum absolute atomic E-state index is 0.00313. The van der Waals surface area contributed by atoms with Crippen molar-refractivity contribution in [2.75, 3.05) is 33.9 Å². The van der Waals surface area contributed by atoms with Crippen LogP contribution < -0.4 is 9.47 Å². The zero-order valence-corrected chi connectivity index (χ0v) is 18.5. The Hall–Kier alpha value is -3.16. The molecule has 0 N–H and O–H groups in total. The zero-order valence-electron chi connectivity index (χ0n) is 18.5. The lowest BCUT2D eigenvalue weighted by Crippen LogP contribution is -2.51. The first-order chi connectivity index (χ1) is 15.3. The van der Waals surface area contributed by atoms with Crippen molar-refractivity contribution in [3.8, 4) is 11.5 Å². The molecule has 1 aliphatic heterocycles. The van der Waals surface area contributed by atoms with Crippen LogP contribution in [-0.2, 0) is 16.0 Å². The first-order valence-electron chi connectivity index (χ1n) is 10.5. The van der Waals surface area contributed by atoms with Crippen molar-refractivity contribution in [2.45, 2.75) is 26.2 Å². The van der Waals surface area contributed by atoms with Crippen LogP contribution in [-0.4, -0.2) is 50.7 Å². The number of rotatable bonds is 7. The Kier molecular flexibility index (Phi) is 7.33. The fourth-order valence-corrected chi connectivity index (χ4v) is 4.12. The summed E-state index contributed by atoms with van der Waals surface area (Å²) in [6, 6.07) is 8.15. The minimum Gasteiger partial charge on any atom is -0.497 e. The van der Waals surface area contributed by atoms with Gasteiger partial charge in [0.1, 0.15) is 23.1 Å². The summed E-state index contributed by atoms with van der Waals surface area (Å²) in [6.07, 6.45) is 0.964. The summed E-state index contributed by atoms with van der Waals surface area (Å²) in [7, 11) is 2.99. The van der Waals surface area contributed by atoms with Crippen LogP contribution in [0.4, 0.5) is 8.78 Å². The highest BCUT2D eigenvalue weighted by Crippen LogP contribution is 2.37. The van der Waals surface area contributed by atoms with Crippen molar-refractivity contribution in [2.24, 2.45) is 5.41 Å². The number of hydrogen-bond acceptors (Lipinski definition) is 5. The molecule has 0 radical (unpaired) electrons. The average molecular weight is 447 g/mol. The minimum atomic E-state index is -1.13. The fourth-order valence-electron chi connectivity index (χ4n) is 4.12. The van der Waals surface area contributed by atoms with Crippen LogP contribution in [0, 0.1) is 17.0 Å². The van der Waals surface area contributed by atoms with Crippen LogP contribution in [0.15, 0.2) is 36.4 Å². The van der Waals surface area contributed by atoms with Gasteiger partial charge in [-0.15, -0.1) is 0 Å². The second-order valence-corrected chi connectivity index (χ2v) is 7.84. The lowest BCUT2D eigenvalue weighted by atomic mass is 9.74. The van der Waals surface area contributed by atoms with E-state index in [1.165, 1.54) is 20.3 Å². The number of nitrogens with zero attached hydrogens (tertiary/aromatic N) is 1. The van der Waals surface area contributed by atoms with E-state index >= 15 is 0 Å². The van der Waals surface area contributed by atoms with Crippen molar-refractivity contribution in [3.63, 3.8) is 0 Å². The molecular weight excluding hydrogens is 420 g/mol. The fraction of sp³-hybridized carbons (Fsp3) is 0.417. The molecule has 1 fully saturated rings. The summed E-state index contributed by atoms with van der Waals surface area (Å²) in [6.45, 7) is 2.35. The summed E-state index contributed by atoms with van der Waals surface area (Å²) in [4.78, 5) is 27.9. The maximum absolute atomic E-state index is 14.4. The highest BCUT2D eigenvalue weighted by atomic mass is 19.1. The van der Waals surface area contributed by atoms with E-state index in [4.69, 9.17) is 14.2 Å². The second-order valence-electron chi connectivity index (χ2n) is 7.84. The van der Waals surface area contributed by atoms with Crippen molar-refractivity contribution < 1.29 is 32.6 Å². The number of likely N-dealkylation sites (tertiary alicyclic amines) is 1. The third-order valence-electron chi connectivity index (χ3n) is 5.71. The quantitative estimate of drug-likeness (QED) is 0.600. The van der Waals surface area contributed by atoms with Crippen molar-refractivity contribution >= 4 is 11.9 Å². The molecule has 0 saturated carbocycles. The molecule has 1 saturated heterocycles. The Bertz CT molecular complexity index is 974. The summed E-state index contributed by atoms with van der Waals surface area (Å²) in [5.74, 6) is -1.28. The highest BCUT2D eigenvalue weighted by Gasteiger charge is 2.45. The normalized spacial score (nSPS) is 18.2. The summed E-state index contributed by atoms with van der Waals surface area (Å²) < 4.78 is 43.6. The number of esters is 1. The molecule has 1 heterocycles. The number of ether oxygens (including phenoxy) is 3. The van der Waals surface area contributed by atoms with Gasteiger partial charge >= 0.3 is 5.97 Å². The molecule has 1 aliphatic rings. The molecule has 32 heavy (non-hydrogen) atoms. The Morgan fingerprint density at radius 3 is 2.34 bits per heavy atom. The number of methoxy groups -OCH3 is 2. The van der Waals surface area contributed by atoms with Gasteiger partial charge in [-0.1, -0.05) is 6.07 Å². The lowest BCUT2D eigenvalue weighted by molar-refractivity contribution is -0.158. The Morgan fingerprint density at radius 2 is 1.75 bits per heavy atom. The molecule has 3 rings (SSSR count). The van der Waals surface area contributed by atoms with Crippen LogP contribution in [0.25, 0.3) is 0 Å². The van der Waals surface area contributed by atoms with Gasteiger partial charge in [0.25, 0.3) is 5.91 Å². The van der Waals surface area contributed by atoms with E-state index in [0.717, 1.165) is 12.1 Å². The number of carbonyl (C=O) groups is 2. The molecule has 172 valence electrons. The molecule has 0 aliphatic carbocycles. The predicted molar refractivity (Wildman–Crippen MR) is 114 cm³/mol. The molecule has 0 unspecified atom stereocenters. The van der Waals surface area contributed by atoms with Gasteiger partial charge in [0, 0.05) is 30.8 Å². The van der Waals surface area contributed by atoms with E-state index in [1.807, 2.05) is 0 Å². The molecule has 0 bridgehead atoms. The first-order valence-corrected chi connectivity index (χ1v) is 10.5. The molecular formula is C24H27F2NO5. The summed E-state index contributed by atoms with van der Waals surface area (Å²) in [5, 5.41) is 0. The maximum Gasteiger partial charge on any atom is 0.314 e. The second kappa shape index (κ2) is 9.97. The third kappa shape index (κ3) is 5.00. The molecule has 2 aromatic rings. The monoisotopic (exact) mass is 447 g/mol. The van der Waals surface area contributed by atoms with Crippen LogP contribution in [0.1, 0.15) is 35.7 Å². The zero-order chi connectivity index (χ0) is 23.3. The molecule has 2 aromatic carbocycles.